The summed E-state index contributed by atoms with van der Waals surface area (Å²) in [7, 11) is 3.95. The van der Waals surface area contributed by atoms with E-state index < -0.39 is 0 Å². The molecule has 0 aliphatic carbocycles. The zero-order valence-corrected chi connectivity index (χ0v) is 7.20. The number of allylic oxidation sites excluding steroid dienone is 2. The average molecular weight is 151 g/mol. The van der Waals surface area contributed by atoms with Crippen LogP contribution < -0.4 is 0 Å². The van der Waals surface area contributed by atoms with E-state index in [9.17, 15) is 0 Å². The molecule has 11 heavy (non-hydrogen) atoms. The third kappa shape index (κ3) is 1.90. The zero-order valence-electron chi connectivity index (χ0n) is 7.20. The number of nitrogens with zero attached hydrogens (tertiary/aromatic N) is 3. The molecule has 1 aliphatic rings. The molecule has 0 spiro atoms. The Bertz CT molecular complexity index is 223. The highest BCUT2D eigenvalue weighted by Crippen LogP contribution is 2.15. The van der Waals surface area contributed by atoms with Gasteiger partial charge in [0.2, 0.25) is 0 Å². The molecule has 0 N–H and O–H groups in total. The molecule has 0 bridgehead atoms. The Morgan fingerprint density at radius 2 is 2.18 bits per heavy atom. The van der Waals surface area contributed by atoms with Crippen LogP contribution in [-0.2, 0) is 0 Å². The summed E-state index contributed by atoms with van der Waals surface area (Å²) in [6.45, 7) is 2.07. The molecule has 0 radical (unpaired) electrons. The van der Waals surface area contributed by atoms with Crippen LogP contribution in [0.1, 0.15) is 13.3 Å². The van der Waals surface area contributed by atoms with Crippen LogP contribution in [0.3, 0.4) is 0 Å². The second-order valence-corrected chi connectivity index (χ2v) is 2.80. The monoisotopic (exact) mass is 151 g/mol. The Labute approximate surface area is 67.1 Å². The number of azo groups is 1. The lowest BCUT2D eigenvalue weighted by Gasteiger charge is -2.13. The van der Waals surface area contributed by atoms with Crippen LogP contribution in [-0.4, -0.2) is 19.0 Å². The maximum atomic E-state index is 4.05. The van der Waals surface area contributed by atoms with Crippen LogP contribution in [0.5, 0.6) is 0 Å². The Balaban J connectivity index is 2.89. The van der Waals surface area contributed by atoms with Gasteiger partial charge in [0.25, 0.3) is 0 Å². The maximum absolute atomic E-state index is 4.05. The topological polar surface area (TPSA) is 28.0 Å². The van der Waals surface area contributed by atoms with Crippen LogP contribution >= 0.6 is 0 Å². The predicted molar refractivity (Wildman–Crippen MR) is 45.0 cm³/mol. The van der Waals surface area contributed by atoms with Crippen molar-refractivity contribution in [2.45, 2.75) is 13.3 Å². The van der Waals surface area contributed by atoms with Crippen molar-refractivity contribution in [3.05, 3.63) is 23.7 Å². The minimum Gasteiger partial charge on any atom is -0.361 e. The number of hydrogen-bond donors (Lipinski definition) is 0. The fourth-order valence-corrected chi connectivity index (χ4v) is 1.01. The number of rotatable bonds is 1. The highest BCUT2D eigenvalue weighted by atomic mass is 15.3. The molecular weight excluding hydrogens is 138 g/mol. The van der Waals surface area contributed by atoms with Gasteiger partial charge in [0.05, 0.1) is 0 Å². The first-order valence-electron chi connectivity index (χ1n) is 3.64. The van der Waals surface area contributed by atoms with Gasteiger partial charge >= 0.3 is 0 Å². The minimum absolute atomic E-state index is 0.945. The third-order valence-electron chi connectivity index (χ3n) is 1.55. The van der Waals surface area contributed by atoms with E-state index >= 15 is 0 Å². The third-order valence-corrected chi connectivity index (χ3v) is 1.55. The smallest absolute Gasteiger partial charge is 0.149 e. The highest BCUT2D eigenvalue weighted by molar-refractivity contribution is 5.13. The van der Waals surface area contributed by atoms with Gasteiger partial charge < -0.3 is 4.90 Å². The van der Waals surface area contributed by atoms with Crippen molar-refractivity contribution in [2.24, 2.45) is 10.2 Å². The van der Waals surface area contributed by atoms with Gasteiger partial charge in [-0.25, -0.2) is 0 Å². The summed E-state index contributed by atoms with van der Waals surface area (Å²) in [4.78, 5) is 1.98. The highest BCUT2D eigenvalue weighted by Gasteiger charge is 2.03. The van der Waals surface area contributed by atoms with E-state index in [1.54, 1.807) is 6.20 Å². The Kier molecular flexibility index (Phi) is 2.41. The normalized spacial score (nSPS) is 17.0. The predicted octanol–water partition coefficient (Wildman–Crippen LogP) is 2.15. The van der Waals surface area contributed by atoms with Gasteiger partial charge in [0.1, 0.15) is 5.82 Å². The molecule has 0 amide bonds. The van der Waals surface area contributed by atoms with Crippen molar-refractivity contribution in [3.63, 3.8) is 0 Å². The maximum Gasteiger partial charge on any atom is 0.149 e. The zero-order chi connectivity index (χ0) is 8.27. The van der Waals surface area contributed by atoms with Crippen LogP contribution in [0, 0.1) is 0 Å². The van der Waals surface area contributed by atoms with Crippen molar-refractivity contribution < 1.29 is 0 Å². The summed E-state index contributed by atoms with van der Waals surface area (Å²) in [5.41, 5.74) is 1.26. The summed E-state index contributed by atoms with van der Waals surface area (Å²) in [6.07, 6.45) is 4.69. The van der Waals surface area contributed by atoms with Crippen LogP contribution in [0.4, 0.5) is 0 Å². The van der Waals surface area contributed by atoms with Crippen molar-refractivity contribution in [1.29, 1.82) is 0 Å². The first kappa shape index (κ1) is 7.98. The lowest BCUT2D eigenvalue weighted by atomic mass is 10.2. The molecule has 3 heteroatoms. The van der Waals surface area contributed by atoms with Crippen molar-refractivity contribution in [1.82, 2.24) is 4.90 Å². The molecule has 60 valence electrons. The fourth-order valence-electron chi connectivity index (χ4n) is 1.01. The van der Waals surface area contributed by atoms with E-state index in [1.807, 2.05) is 25.1 Å². The van der Waals surface area contributed by atoms with Crippen LogP contribution in [0.25, 0.3) is 0 Å². The van der Waals surface area contributed by atoms with E-state index in [0.29, 0.717) is 0 Å². The lowest BCUT2D eigenvalue weighted by molar-refractivity contribution is 0.492. The van der Waals surface area contributed by atoms with Gasteiger partial charge in [-0.3, -0.25) is 0 Å². The molecule has 0 aromatic rings. The summed E-state index contributed by atoms with van der Waals surface area (Å²) in [5.74, 6) is 0.968. The Hall–Kier alpha value is -1.12. The molecule has 1 aliphatic heterocycles. The first-order valence-corrected chi connectivity index (χ1v) is 3.64. The summed E-state index contributed by atoms with van der Waals surface area (Å²) in [5, 5.41) is 7.92. The number of hydrogen-bond acceptors (Lipinski definition) is 3. The summed E-state index contributed by atoms with van der Waals surface area (Å²) < 4.78 is 0. The molecule has 3 nitrogen and oxygen atoms in total. The van der Waals surface area contributed by atoms with Gasteiger partial charge in [-0.15, -0.1) is 5.11 Å². The summed E-state index contributed by atoms with van der Waals surface area (Å²) in [6, 6.07) is 0. The van der Waals surface area contributed by atoms with Crippen molar-refractivity contribution in [2.75, 3.05) is 14.1 Å². The molecule has 0 unspecified atom stereocenters. The van der Waals surface area contributed by atoms with Gasteiger partial charge in [-0.05, 0) is 18.9 Å². The van der Waals surface area contributed by atoms with E-state index in [-0.39, 0.29) is 0 Å². The van der Waals surface area contributed by atoms with E-state index in [1.165, 1.54) is 5.57 Å². The molecule has 0 fully saturated rings. The first-order chi connectivity index (χ1) is 5.22. The van der Waals surface area contributed by atoms with Gasteiger partial charge in [0, 0.05) is 20.3 Å². The molecule has 0 aromatic carbocycles. The summed E-state index contributed by atoms with van der Waals surface area (Å²) >= 11 is 0. The van der Waals surface area contributed by atoms with Gasteiger partial charge in [-0.2, -0.15) is 5.11 Å². The fraction of sp³-hybridized carbons (Fsp3) is 0.500. The van der Waals surface area contributed by atoms with Gasteiger partial charge in [-0.1, -0.05) is 6.08 Å². The average Bonchev–Trinajstić information content (AvgIpc) is 2.13. The SMILES string of the molecule is CC1=C(N(C)C)N=NC=CC1. The Morgan fingerprint density at radius 1 is 1.45 bits per heavy atom. The lowest BCUT2D eigenvalue weighted by Crippen LogP contribution is -2.10. The molecule has 0 saturated carbocycles. The van der Waals surface area contributed by atoms with Crippen LogP contribution in [0.15, 0.2) is 33.9 Å². The quantitative estimate of drug-likeness (QED) is 0.564. The van der Waals surface area contributed by atoms with E-state index in [2.05, 4.69) is 17.2 Å². The van der Waals surface area contributed by atoms with E-state index in [0.717, 1.165) is 12.2 Å². The molecule has 0 aromatic heterocycles. The molecule has 1 rings (SSSR count). The van der Waals surface area contributed by atoms with Crippen molar-refractivity contribution in [3.8, 4) is 0 Å². The standard InChI is InChI=1S/C8H13N3/c1-7-5-4-6-9-10-8(7)11(2)3/h4,6H,5H2,1-3H3. The largest absolute Gasteiger partial charge is 0.361 e. The van der Waals surface area contributed by atoms with Gasteiger partial charge in [0.15, 0.2) is 0 Å². The second kappa shape index (κ2) is 3.32. The van der Waals surface area contributed by atoms with Crippen molar-refractivity contribution >= 4 is 0 Å². The molecule has 1 heterocycles. The molecular formula is C8H13N3. The molecule has 0 saturated heterocycles. The second-order valence-electron chi connectivity index (χ2n) is 2.80. The molecule has 0 atom stereocenters. The van der Waals surface area contributed by atoms with Crippen LogP contribution in [0.2, 0.25) is 0 Å². The van der Waals surface area contributed by atoms with E-state index in [4.69, 9.17) is 0 Å². The minimum atomic E-state index is 0.945. The Morgan fingerprint density at radius 3 is 2.82 bits per heavy atom.